The Bertz CT molecular complexity index is 717. The van der Waals surface area contributed by atoms with Crippen LogP contribution in [0.2, 0.25) is 0 Å². The first-order valence-corrected chi connectivity index (χ1v) is 7.78. The summed E-state index contributed by atoms with van der Waals surface area (Å²) in [6.07, 6.45) is 0.898. The maximum atomic E-state index is 12.2. The van der Waals surface area contributed by atoms with E-state index >= 15 is 0 Å². The average Bonchev–Trinajstić information content (AvgIpc) is 2.54. The highest BCUT2D eigenvalue weighted by molar-refractivity contribution is 9.10. The average molecular weight is 379 g/mol. The van der Waals surface area contributed by atoms with E-state index in [9.17, 15) is 14.9 Å². The number of benzene rings is 2. The number of ether oxygens (including phenoxy) is 1. The molecule has 0 spiro atoms. The first-order valence-electron chi connectivity index (χ1n) is 6.99. The van der Waals surface area contributed by atoms with Crippen molar-refractivity contribution in [2.75, 3.05) is 11.9 Å². The number of nitrogens with one attached hydrogen (secondary N) is 1. The molecule has 1 N–H and O–H groups in total. The van der Waals surface area contributed by atoms with Crippen LogP contribution in [0.1, 0.15) is 23.7 Å². The quantitative estimate of drug-likeness (QED) is 0.596. The Kier molecular flexibility index (Phi) is 5.70. The normalized spacial score (nSPS) is 10.2. The summed E-state index contributed by atoms with van der Waals surface area (Å²) >= 11 is 3.38. The highest BCUT2D eigenvalue weighted by Crippen LogP contribution is 2.26. The van der Waals surface area contributed by atoms with Crippen LogP contribution in [0, 0.1) is 10.1 Å². The molecule has 0 fully saturated rings. The van der Waals surface area contributed by atoms with Gasteiger partial charge in [0.2, 0.25) is 0 Å². The molecule has 0 atom stereocenters. The summed E-state index contributed by atoms with van der Waals surface area (Å²) in [5.41, 5.74) is 0.922. The number of hydrogen-bond acceptors (Lipinski definition) is 4. The van der Waals surface area contributed by atoms with Crippen molar-refractivity contribution < 1.29 is 14.5 Å². The van der Waals surface area contributed by atoms with Gasteiger partial charge in [-0.15, -0.1) is 0 Å². The molecule has 6 nitrogen and oxygen atoms in total. The topological polar surface area (TPSA) is 81.5 Å². The second-order valence-electron chi connectivity index (χ2n) is 4.75. The van der Waals surface area contributed by atoms with E-state index in [0.29, 0.717) is 28.1 Å². The summed E-state index contributed by atoms with van der Waals surface area (Å²) in [6.45, 7) is 2.62. The molecule has 0 saturated carbocycles. The molecule has 2 rings (SSSR count). The van der Waals surface area contributed by atoms with Crippen LogP contribution < -0.4 is 10.1 Å². The molecule has 2 aromatic carbocycles. The van der Waals surface area contributed by atoms with Crippen molar-refractivity contribution in [2.24, 2.45) is 0 Å². The minimum atomic E-state index is -0.488. The van der Waals surface area contributed by atoms with E-state index in [-0.39, 0.29) is 11.6 Å². The van der Waals surface area contributed by atoms with Gasteiger partial charge < -0.3 is 10.1 Å². The smallest absolute Gasteiger partial charge is 0.269 e. The van der Waals surface area contributed by atoms with Gasteiger partial charge in [-0.05, 0) is 52.7 Å². The van der Waals surface area contributed by atoms with Gasteiger partial charge in [0.1, 0.15) is 5.75 Å². The van der Waals surface area contributed by atoms with Gasteiger partial charge in [0.25, 0.3) is 11.6 Å². The van der Waals surface area contributed by atoms with Gasteiger partial charge in [-0.2, -0.15) is 0 Å². The number of non-ortho nitro benzene ring substituents is 1. The lowest BCUT2D eigenvalue weighted by atomic mass is 10.2. The Morgan fingerprint density at radius 2 is 1.96 bits per heavy atom. The SMILES string of the molecule is CCCOc1ccc(C(=O)Nc2ccc([N+](=O)[O-])cc2)cc1Br. The number of carbonyl (C=O) groups excluding carboxylic acids is 1. The number of nitro groups is 1. The Morgan fingerprint density at radius 1 is 1.26 bits per heavy atom. The number of halogens is 1. The number of anilines is 1. The first kappa shape index (κ1) is 17.0. The molecule has 23 heavy (non-hydrogen) atoms. The van der Waals surface area contributed by atoms with Crippen LogP contribution in [-0.4, -0.2) is 17.4 Å². The van der Waals surface area contributed by atoms with Gasteiger partial charge in [0, 0.05) is 23.4 Å². The van der Waals surface area contributed by atoms with Gasteiger partial charge in [-0.1, -0.05) is 6.92 Å². The zero-order valence-electron chi connectivity index (χ0n) is 12.4. The van der Waals surface area contributed by atoms with Crippen molar-refractivity contribution in [3.05, 3.63) is 62.6 Å². The maximum Gasteiger partial charge on any atom is 0.269 e. The molecule has 2 aromatic rings. The van der Waals surface area contributed by atoms with E-state index in [2.05, 4.69) is 21.2 Å². The molecule has 7 heteroatoms. The zero-order chi connectivity index (χ0) is 16.8. The molecule has 0 bridgehead atoms. The zero-order valence-corrected chi connectivity index (χ0v) is 14.0. The Labute approximate surface area is 141 Å². The van der Waals surface area contributed by atoms with Crippen LogP contribution in [0.5, 0.6) is 5.75 Å². The predicted octanol–water partition coefficient (Wildman–Crippen LogP) is 4.40. The maximum absolute atomic E-state index is 12.2. The molecule has 1 amide bonds. The Hall–Kier alpha value is -2.41. The standard InChI is InChI=1S/C16H15BrN2O4/c1-2-9-23-15-8-3-11(10-14(15)17)16(20)18-12-4-6-13(7-5-12)19(21)22/h3-8,10H,2,9H2,1H3,(H,18,20). The summed E-state index contributed by atoms with van der Waals surface area (Å²) in [5.74, 6) is 0.375. The lowest BCUT2D eigenvalue weighted by Gasteiger charge is -2.09. The summed E-state index contributed by atoms with van der Waals surface area (Å²) in [4.78, 5) is 22.3. The first-order chi connectivity index (χ1) is 11.0. The number of nitrogens with zero attached hydrogens (tertiary/aromatic N) is 1. The molecule has 0 saturated heterocycles. The summed E-state index contributed by atoms with van der Waals surface area (Å²) in [5, 5.41) is 13.3. The summed E-state index contributed by atoms with van der Waals surface area (Å²) in [7, 11) is 0. The molecular formula is C16H15BrN2O4. The van der Waals surface area contributed by atoms with Crippen molar-refractivity contribution in [3.8, 4) is 5.75 Å². The van der Waals surface area contributed by atoms with Gasteiger partial charge in [-0.3, -0.25) is 14.9 Å². The van der Waals surface area contributed by atoms with Crippen molar-refractivity contribution in [1.82, 2.24) is 0 Å². The number of carbonyl (C=O) groups is 1. The molecule has 0 aliphatic carbocycles. The van der Waals surface area contributed by atoms with Crippen LogP contribution >= 0.6 is 15.9 Å². The Balaban J connectivity index is 2.08. The number of amides is 1. The molecule has 0 heterocycles. The molecule has 0 aromatic heterocycles. The van der Waals surface area contributed by atoms with Crippen LogP contribution in [0.15, 0.2) is 46.9 Å². The van der Waals surface area contributed by atoms with Gasteiger partial charge in [0.05, 0.1) is 16.0 Å². The van der Waals surface area contributed by atoms with E-state index in [0.717, 1.165) is 6.42 Å². The van der Waals surface area contributed by atoms with Gasteiger partial charge in [-0.25, -0.2) is 0 Å². The third-order valence-electron chi connectivity index (χ3n) is 2.99. The fourth-order valence-corrected chi connectivity index (χ4v) is 2.33. The Morgan fingerprint density at radius 3 is 2.52 bits per heavy atom. The minimum absolute atomic E-state index is 0.0248. The third kappa shape index (κ3) is 4.53. The molecular weight excluding hydrogens is 364 g/mol. The van der Waals surface area contributed by atoms with Crippen LogP contribution in [0.25, 0.3) is 0 Å². The van der Waals surface area contributed by atoms with E-state index in [1.807, 2.05) is 6.92 Å². The third-order valence-corrected chi connectivity index (χ3v) is 3.61. The van der Waals surface area contributed by atoms with Crippen molar-refractivity contribution >= 4 is 33.2 Å². The largest absolute Gasteiger partial charge is 0.492 e. The van der Waals surface area contributed by atoms with Crippen LogP contribution in [0.4, 0.5) is 11.4 Å². The lowest BCUT2D eigenvalue weighted by Crippen LogP contribution is -2.12. The van der Waals surface area contributed by atoms with E-state index in [1.54, 1.807) is 18.2 Å². The molecule has 0 radical (unpaired) electrons. The molecule has 0 aliphatic rings. The van der Waals surface area contributed by atoms with Gasteiger partial charge >= 0.3 is 0 Å². The number of nitro benzene ring substituents is 1. The van der Waals surface area contributed by atoms with Crippen molar-refractivity contribution in [1.29, 1.82) is 0 Å². The highest BCUT2D eigenvalue weighted by atomic mass is 79.9. The monoisotopic (exact) mass is 378 g/mol. The molecule has 120 valence electrons. The highest BCUT2D eigenvalue weighted by Gasteiger charge is 2.11. The van der Waals surface area contributed by atoms with Gasteiger partial charge in [0.15, 0.2) is 0 Å². The fourth-order valence-electron chi connectivity index (χ4n) is 1.84. The van der Waals surface area contributed by atoms with Crippen LogP contribution in [0.3, 0.4) is 0 Å². The van der Waals surface area contributed by atoms with E-state index in [4.69, 9.17) is 4.74 Å². The summed E-state index contributed by atoms with van der Waals surface area (Å²) in [6, 6.07) is 10.7. The van der Waals surface area contributed by atoms with Crippen molar-refractivity contribution in [2.45, 2.75) is 13.3 Å². The lowest BCUT2D eigenvalue weighted by molar-refractivity contribution is -0.384. The summed E-state index contributed by atoms with van der Waals surface area (Å²) < 4.78 is 6.23. The second kappa shape index (κ2) is 7.73. The van der Waals surface area contributed by atoms with Crippen molar-refractivity contribution in [3.63, 3.8) is 0 Å². The number of hydrogen-bond donors (Lipinski definition) is 1. The van der Waals surface area contributed by atoms with E-state index in [1.165, 1.54) is 24.3 Å². The molecule has 0 aliphatic heterocycles. The minimum Gasteiger partial charge on any atom is -0.492 e. The fraction of sp³-hybridized carbons (Fsp3) is 0.188. The number of rotatable bonds is 6. The predicted molar refractivity (Wildman–Crippen MR) is 91.0 cm³/mol. The van der Waals surface area contributed by atoms with Crippen LogP contribution in [-0.2, 0) is 0 Å². The van der Waals surface area contributed by atoms with E-state index < -0.39 is 4.92 Å². The molecule has 0 unspecified atom stereocenters. The second-order valence-corrected chi connectivity index (χ2v) is 5.61.